The average Bonchev–Trinajstić information content (AvgIpc) is 2.78. The second-order valence-electron chi connectivity index (χ2n) is 7.65. The number of halogens is 1. The molecule has 0 saturated carbocycles. The molecule has 32 heavy (non-hydrogen) atoms. The summed E-state index contributed by atoms with van der Waals surface area (Å²) in [4.78, 5) is 12.9. The van der Waals surface area contributed by atoms with Gasteiger partial charge in [0.05, 0.1) is 10.6 Å². The van der Waals surface area contributed by atoms with Crippen LogP contribution in [0.25, 0.3) is 0 Å². The zero-order valence-electron chi connectivity index (χ0n) is 18.2. The van der Waals surface area contributed by atoms with E-state index in [1.54, 1.807) is 48.5 Å². The van der Waals surface area contributed by atoms with Gasteiger partial charge in [-0.2, -0.15) is 0 Å². The monoisotopic (exact) mass is 470 g/mol. The lowest BCUT2D eigenvalue weighted by atomic mass is 10.1. The minimum Gasteiger partial charge on any atom is -0.325 e. The molecule has 0 aliphatic carbocycles. The molecular weight excluding hydrogens is 444 g/mol. The quantitative estimate of drug-likeness (QED) is 0.428. The van der Waals surface area contributed by atoms with Crippen molar-refractivity contribution in [3.05, 3.63) is 88.9 Å². The van der Waals surface area contributed by atoms with E-state index < -0.39 is 15.9 Å². The van der Waals surface area contributed by atoms with E-state index in [9.17, 15) is 13.2 Å². The number of rotatable bonds is 9. The topological polar surface area (TPSA) is 66.5 Å². The smallest absolute Gasteiger partial charge is 0.264 e. The Labute approximate surface area is 195 Å². The van der Waals surface area contributed by atoms with E-state index >= 15 is 0 Å². The highest BCUT2D eigenvalue weighted by Crippen LogP contribution is 2.25. The Hall–Kier alpha value is -2.83. The van der Waals surface area contributed by atoms with Crippen LogP contribution in [0, 0.1) is 6.92 Å². The Balaban J connectivity index is 1.83. The highest BCUT2D eigenvalue weighted by molar-refractivity contribution is 7.92. The highest BCUT2D eigenvalue weighted by Gasteiger charge is 2.27. The number of sulfonamides is 1. The molecule has 3 aromatic rings. The van der Waals surface area contributed by atoms with Gasteiger partial charge in [0, 0.05) is 10.7 Å². The van der Waals surface area contributed by atoms with Gasteiger partial charge in [-0.25, -0.2) is 8.42 Å². The van der Waals surface area contributed by atoms with Crippen molar-refractivity contribution in [2.75, 3.05) is 16.2 Å². The predicted molar refractivity (Wildman–Crippen MR) is 131 cm³/mol. The first kappa shape index (κ1) is 23.8. The van der Waals surface area contributed by atoms with Crippen molar-refractivity contribution in [3.8, 4) is 0 Å². The zero-order chi connectivity index (χ0) is 23.1. The molecule has 0 saturated heterocycles. The van der Waals surface area contributed by atoms with E-state index in [1.165, 1.54) is 5.56 Å². The lowest BCUT2D eigenvalue weighted by Gasteiger charge is -2.24. The third kappa shape index (κ3) is 6.11. The molecule has 168 valence electrons. The summed E-state index contributed by atoms with van der Waals surface area (Å²) in [6.07, 6.45) is 3.22. The Morgan fingerprint density at radius 3 is 2.16 bits per heavy atom. The number of benzene rings is 3. The van der Waals surface area contributed by atoms with Crippen molar-refractivity contribution < 1.29 is 13.2 Å². The number of hydrogen-bond donors (Lipinski definition) is 1. The number of hydrogen-bond acceptors (Lipinski definition) is 3. The van der Waals surface area contributed by atoms with Gasteiger partial charge in [-0.15, -0.1) is 0 Å². The molecule has 5 nitrogen and oxygen atoms in total. The summed E-state index contributed by atoms with van der Waals surface area (Å²) in [5.41, 5.74) is 3.13. The van der Waals surface area contributed by atoms with E-state index in [0.717, 1.165) is 29.1 Å². The van der Waals surface area contributed by atoms with Crippen LogP contribution in [0.2, 0.25) is 5.02 Å². The molecule has 0 unspecified atom stereocenters. The molecule has 0 spiro atoms. The highest BCUT2D eigenvalue weighted by atomic mass is 35.5. The maximum Gasteiger partial charge on any atom is 0.264 e. The van der Waals surface area contributed by atoms with Crippen molar-refractivity contribution in [1.82, 2.24) is 0 Å². The molecule has 1 amide bonds. The van der Waals surface area contributed by atoms with Gasteiger partial charge in [0.2, 0.25) is 5.91 Å². The second-order valence-corrected chi connectivity index (χ2v) is 9.95. The number of aryl methyl sites for hydroxylation is 2. The summed E-state index contributed by atoms with van der Waals surface area (Å²) in [6, 6.07) is 20.5. The SMILES string of the molecule is CCCCc1ccc(NC(=O)CN(c2ccc(Cl)cc2)S(=O)(=O)c2ccc(C)cc2)cc1. The maximum absolute atomic E-state index is 13.4. The number of nitrogens with one attached hydrogen (secondary N) is 1. The van der Waals surface area contributed by atoms with Crippen LogP contribution in [0.15, 0.2) is 77.7 Å². The first-order chi connectivity index (χ1) is 15.3. The van der Waals surface area contributed by atoms with E-state index in [1.807, 2.05) is 31.2 Å². The van der Waals surface area contributed by atoms with Gasteiger partial charge in [-0.05, 0) is 73.9 Å². The Kier molecular flexibility index (Phi) is 7.94. The normalized spacial score (nSPS) is 11.2. The molecule has 0 aliphatic heterocycles. The van der Waals surface area contributed by atoms with Crippen LogP contribution in [-0.2, 0) is 21.2 Å². The van der Waals surface area contributed by atoms with Crippen LogP contribution in [0.1, 0.15) is 30.9 Å². The number of anilines is 2. The second kappa shape index (κ2) is 10.7. The lowest BCUT2D eigenvalue weighted by molar-refractivity contribution is -0.114. The van der Waals surface area contributed by atoms with Crippen molar-refractivity contribution in [3.63, 3.8) is 0 Å². The number of amides is 1. The molecule has 3 rings (SSSR count). The molecular formula is C25H27ClN2O3S. The Morgan fingerprint density at radius 2 is 1.56 bits per heavy atom. The first-order valence-corrected chi connectivity index (χ1v) is 12.3. The molecule has 0 aromatic heterocycles. The fraction of sp³-hybridized carbons (Fsp3) is 0.240. The number of nitrogens with zero attached hydrogens (tertiary/aromatic N) is 1. The van der Waals surface area contributed by atoms with Gasteiger partial charge < -0.3 is 5.32 Å². The van der Waals surface area contributed by atoms with Crippen LogP contribution in [-0.4, -0.2) is 20.9 Å². The number of unbranched alkanes of at least 4 members (excludes halogenated alkanes) is 1. The Bertz CT molecular complexity index is 1140. The summed E-state index contributed by atoms with van der Waals surface area (Å²) in [6.45, 7) is 3.66. The predicted octanol–water partition coefficient (Wildman–Crippen LogP) is 5.83. The molecule has 0 radical (unpaired) electrons. The van der Waals surface area contributed by atoms with Gasteiger partial charge in [-0.3, -0.25) is 9.10 Å². The van der Waals surface area contributed by atoms with Crippen LogP contribution in [0.3, 0.4) is 0 Å². The Morgan fingerprint density at radius 1 is 0.938 bits per heavy atom. The number of carbonyl (C=O) groups is 1. The van der Waals surface area contributed by atoms with Crippen molar-refractivity contribution >= 4 is 38.9 Å². The van der Waals surface area contributed by atoms with Crippen molar-refractivity contribution in [2.24, 2.45) is 0 Å². The fourth-order valence-electron chi connectivity index (χ4n) is 3.23. The van der Waals surface area contributed by atoms with E-state index in [4.69, 9.17) is 11.6 Å². The zero-order valence-corrected chi connectivity index (χ0v) is 19.8. The van der Waals surface area contributed by atoms with Gasteiger partial charge >= 0.3 is 0 Å². The molecule has 1 N–H and O–H groups in total. The fourth-order valence-corrected chi connectivity index (χ4v) is 4.77. The van der Waals surface area contributed by atoms with Crippen LogP contribution in [0.5, 0.6) is 0 Å². The average molecular weight is 471 g/mol. The summed E-state index contributed by atoms with van der Waals surface area (Å²) in [5.74, 6) is -0.433. The molecule has 0 aliphatic rings. The van der Waals surface area contributed by atoms with Crippen LogP contribution in [0.4, 0.5) is 11.4 Å². The minimum absolute atomic E-state index is 0.117. The van der Waals surface area contributed by atoms with Gasteiger partial charge in [0.25, 0.3) is 10.0 Å². The largest absolute Gasteiger partial charge is 0.325 e. The van der Waals surface area contributed by atoms with Crippen LogP contribution >= 0.6 is 11.6 Å². The minimum atomic E-state index is -3.96. The summed E-state index contributed by atoms with van der Waals surface area (Å²) < 4.78 is 27.8. The molecule has 0 heterocycles. The van der Waals surface area contributed by atoms with Crippen molar-refractivity contribution in [1.29, 1.82) is 0 Å². The van der Waals surface area contributed by atoms with E-state index in [0.29, 0.717) is 16.4 Å². The molecule has 0 atom stereocenters. The first-order valence-electron chi connectivity index (χ1n) is 10.5. The third-order valence-corrected chi connectivity index (χ3v) is 7.11. The maximum atomic E-state index is 13.4. The molecule has 0 fully saturated rings. The third-order valence-electron chi connectivity index (χ3n) is 5.07. The van der Waals surface area contributed by atoms with E-state index in [-0.39, 0.29) is 11.4 Å². The standard InChI is InChI=1S/C25H27ClN2O3S/c1-3-4-5-20-8-12-22(13-9-20)27-25(29)18-28(23-14-10-21(26)11-15-23)32(30,31)24-16-6-19(2)7-17-24/h6-17H,3-5,18H2,1-2H3,(H,27,29). The summed E-state index contributed by atoms with van der Waals surface area (Å²) in [7, 11) is -3.96. The summed E-state index contributed by atoms with van der Waals surface area (Å²) >= 11 is 5.98. The molecule has 3 aromatic carbocycles. The van der Waals surface area contributed by atoms with Gasteiger partial charge in [0.15, 0.2) is 0 Å². The van der Waals surface area contributed by atoms with E-state index in [2.05, 4.69) is 12.2 Å². The summed E-state index contributed by atoms with van der Waals surface area (Å²) in [5, 5.41) is 3.28. The van der Waals surface area contributed by atoms with Crippen molar-refractivity contribution in [2.45, 2.75) is 38.0 Å². The van der Waals surface area contributed by atoms with Gasteiger partial charge in [-0.1, -0.05) is 54.8 Å². The lowest BCUT2D eigenvalue weighted by Crippen LogP contribution is -2.38. The van der Waals surface area contributed by atoms with Crippen LogP contribution < -0.4 is 9.62 Å². The molecule has 0 bridgehead atoms. The number of carbonyl (C=O) groups excluding carboxylic acids is 1. The molecule has 7 heteroatoms. The van der Waals surface area contributed by atoms with Gasteiger partial charge in [0.1, 0.15) is 6.54 Å².